The lowest BCUT2D eigenvalue weighted by atomic mass is 10.1. The van der Waals surface area contributed by atoms with Crippen LogP contribution in [0.4, 0.5) is 0 Å². The van der Waals surface area contributed by atoms with Crippen molar-refractivity contribution in [3.63, 3.8) is 0 Å². The molecule has 0 bridgehead atoms. The lowest BCUT2D eigenvalue weighted by Gasteiger charge is -2.19. The van der Waals surface area contributed by atoms with Gasteiger partial charge in [0.15, 0.2) is 0 Å². The standard InChI is InChI=1S/C16H26N2/c1-5-14-10-11-15(17-13-14)9-7-6-8-12-18-16(2,3)4/h6-7,10-11,13,18H,5,8-9,12H2,1-4H3. The molecule has 0 amide bonds. The van der Waals surface area contributed by atoms with E-state index >= 15 is 0 Å². The highest BCUT2D eigenvalue weighted by molar-refractivity contribution is 5.15. The molecule has 18 heavy (non-hydrogen) atoms. The van der Waals surface area contributed by atoms with Crippen molar-refractivity contribution in [1.82, 2.24) is 10.3 Å². The maximum absolute atomic E-state index is 4.44. The maximum Gasteiger partial charge on any atom is 0.0441 e. The molecule has 1 aromatic rings. The normalized spacial score (nSPS) is 12.2. The van der Waals surface area contributed by atoms with E-state index in [0.29, 0.717) is 0 Å². The van der Waals surface area contributed by atoms with Gasteiger partial charge in [0.1, 0.15) is 0 Å². The molecule has 0 aliphatic heterocycles. The molecule has 0 aromatic carbocycles. The van der Waals surface area contributed by atoms with Gasteiger partial charge in [0, 0.05) is 23.9 Å². The SMILES string of the molecule is CCc1ccc(CC=CCCNC(C)(C)C)nc1. The summed E-state index contributed by atoms with van der Waals surface area (Å²) in [5.74, 6) is 0. The number of aryl methyl sites for hydroxylation is 1. The lowest BCUT2D eigenvalue weighted by molar-refractivity contribution is 0.431. The monoisotopic (exact) mass is 246 g/mol. The largest absolute Gasteiger partial charge is 0.312 e. The van der Waals surface area contributed by atoms with Crippen LogP contribution in [0.5, 0.6) is 0 Å². The molecule has 0 saturated carbocycles. The van der Waals surface area contributed by atoms with Crippen molar-refractivity contribution in [2.75, 3.05) is 6.54 Å². The van der Waals surface area contributed by atoms with Gasteiger partial charge in [-0.1, -0.05) is 25.1 Å². The van der Waals surface area contributed by atoms with E-state index in [1.807, 2.05) is 6.20 Å². The molecule has 2 heteroatoms. The molecule has 100 valence electrons. The van der Waals surface area contributed by atoms with Crippen molar-refractivity contribution < 1.29 is 0 Å². The summed E-state index contributed by atoms with van der Waals surface area (Å²) in [5.41, 5.74) is 2.66. The summed E-state index contributed by atoms with van der Waals surface area (Å²) in [6.45, 7) is 9.75. The van der Waals surface area contributed by atoms with Gasteiger partial charge in [-0.05, 0) is 51.8 Å². The zero-order chi connectivity index (χ0) is 13.4. The molecule has 1 aromatic heterocycles. The minimum Gasteiger partial charge on any atom is -0.312 e. The quantitative estimate of drug-likeness (QED) is 0.613. The summed E-state index contributed by atoms with van der Waals surface area (Å²) in [5, 5.41) is 3.47. The molecule has 2 nitrogen and oxygen atoms in total. The van der Waals surface area contributed by atoms with Crippen LogP contribution in [0.3, 0.4) is 0 Å². The average molecular weight is 246 g/mol. The molecule has 0 unspecified atom stereocenters. The van der Waals surface area contributed by atoms with E-state index in [1.54, 1.807) is 0 Å². The summed E-state index contributed by atoms with van der Waals surface area (Å²) in [6.07, 6.45) is 9.47. The molecule has 1 heterocycles. The van der Waals surface area contributed by atoms with Gasteiger partial charge in [-0.25, -0.2) is 0 Å². The van der Waals surface area contributed by atoms with Gasteiger partial charge in [0.25, 0.3) is 0 Å². The van der Waals surface area contributed by atoms with Crippen molar-refractivity contribution in [2.45, 2.75) is 52.5 Å². The van der Waals surface area contributed by atoms with E-state index in [9.17, 15) is 0 Å². The second-order valence-corrected chi connectivity index (χ2v) is 5.65. The number of allylic oxidation sites excluding steroid dienone is 1. The van der Waals surface area contributed by atoms with Gasteiger partial charge < -0.3 is 5.32 Å². The third-order valence-electron chi connectivity index (χ3n) is 2.75. The Morgan fingerprint density at radius 3 is 2.56 bits per heavy atom. The fourth-order valence-corrected chi connectivity index (χ4v) is 1.64. The van der Waals surface area contributed by atoms with Gasteiger partial charge >= 0.3 is 0 Å². The molecule has 0 aliphatic carbocycles. The van der Waals surface area contributed by atoms with Gasteiger partial charge in [-0.15, -0.1) is 0 Å². The Kier molecular flexibility index (Phi) is 6.06. The van der Waals surface area contributed by atoms with Crippen molar-refractivity contribution >= 4 is 0 Å². The molecule has 0 radical (unpaired) electrons. The fourth-order valence-electron chi connectivity index (χ4n) is 1.64. The minimum atomic E-state index is 0.214. The Hall–Kier alpha value is -1.15. The number of rotatable bonds is 6. The topological polar surface area (TPSA) is 24.9 Å². The fraction of sp³-hybridized carbons (Fsp3) is 0.562. The van der Waals surface area contributed by atoms with Crippen molar-refractivity contribution in [2.24, 2.45) is 0 Å². The highest BCUT2D eigenvalue weighted by Gasteiger charge is 2.06. The number of nitrogens with one attached hydrogen (secondary N) is 1. The van der Waals surface area contributed by atoms with Crippen LogP contribution in [-0.4, -0.2) is 17.1 Å². The first-order valence-electron chi connectivity index (χ1n) is 6.85. The zero-order valence-corrected chi connectivity index (χ0v) is 12.2. The second kappa shape index (κ2) is 7.32. The summed E-state index contributed by atoms with van der Waals surface area (Å²) in [6, 6.07) is 4.29. The highest BCUT2D eigenvalue weighted by atomic mass is 14.9. The summed E-state index contributed by atoms with van der Waals surface area (Å²) < 4.78 is 0. The van der Waals surface area contributed by atoms with Crippen LogP contribution in [0.1, 0.15) is 45.4 Å². The van der Waals surface area contributed by atoms with Crippen LogP contribution < -0.4 is 5.32 Å². The predicted molar refractivity (Wildman–Crippen MR) is 78.8 cm³/mol. The van der Waals surface area contributed by atoms with Gasteiger partial charge in [0.05, 0.1) is 0 Å². The maximum atomic E-state index is 4.44. The number of aromatic nitrogens is 1. The van der Waals surface area contributed by atoms with E-state index in [0.717, 1.165) is 31.5 Å². The third-order valence-corrected chi connectivity index (χ3v) is 2.75. The average Bonchev–Trinajstić information content (AvgIpc) is 2.33. The molecule has 0 fully saturated rings. The summed E-state index contributed by atoms with van der Waals surface area (Å²) >= 11 is 0. The first-order chi connectivity index (χ1) is 8.51. The minimum absolute atomic E-state index is 0.214. The first-order valence-corrected chi connectivity index (χ1v) is 6.85. The van der Waals surface area contributed by atoms with Crippen molar-refractivity contribution in [1.29, 1.82) is 0 Å². The first kappa shape index (κ1) is 14.9. The molecular formula is C16H26N2. The van der Waals surface area contributed by atoms with Crippen LogP contribution in [0.2, 0.25) is 0 Å². The van der Waals surface area contributed by atoms with E-state index in [4.69, 9.17) is 0 Å². The van der Waals surface area contributed by atoms with E-state index in [1.165, 1.54) is 5.56 Å². The van der Waals surface area contributed by atoms with Gasteiger partial charge in [-0.3, -0.25) is 4.98 Å². The number of nitrogens with zero attached hydrogens (tertiary/aromatic N) is 1. The van der Waals surface area contributed by atoms with Crippen molar-refractivity contribution in [3.05, 3.63) is 41.7 Å². The Bertz CT molecular complexity index is 358. The Labute approximate surface area is 112 Å². The second-order valence-electron chi connectivity index (χ2n) is 5.65. The smallest absolute Gasteiger partial charge is 0.0441 e. The summed E-state index contributed by atoms with van der Waals surface area (Å²) in [7, 11) is 0. The Morgan fingerprint density at radius 1 is 1.22 bits per heavy atom. The number of hydrogen-bond donors (Lipinski definition) is 1. The van der Waals surface area contributed by atoms with Crippen LogP contribution in [0, 0.1) is 0 Å². The number of hydrogen-bond acceptors (Lipinski definition) is 2. The van der Waals surface area contributed by atoms with E-state index < -0.39 is 0 Å². The lowest BCUT2D eigenvalue weighted by Crippen LogP contribution is -2.36. The van der Waals surface area contributed by atoms with Crippen LogP contribution in [0.15, 0.2) is 30.5 Å². The molecule has 0 saturated heterocycles. The highest BCUT2D eigenvalue weighted by Crippen LogP contribution is 2.03. The van der Waals surface area contributed by atoms with Crippen LogP contribution >= 0.6 is 0 Å². The van der Waals surface area contributed by atoms with Gasteiger partial charge in [-0.2, -0.15) is 0 Å². The predicted octanol–water partition coefficient (Wildman–Crippen LogP) is 3.52. The van der Waals surface area contributed by atoms with E-state index in [-0.39, 0.29) is 5.54 Å². The molecule has 1 rings (SSSR count). The molecular weight excluding hydrogens is 220 g/mol. The van der Waals surface area contributed by atoms with Crippen LogP contribution in [-0.2, 0) is 12.8 Å². The molecule has 0 aliphatic rings. The Balaban J connectivity index is 2.23. The third kappa shape index (κ3) is 6.55. The summed E-state index contributed by atoms with van der Waals surface area (Å²) in [4.78, 5) is 4.44. The molecule has 0 spiro atoms. The van der Waals surface area contributed by atoms with Crippen molar-refractivity contribution in [3.8, 4) is 0 Å². The number of pyridine rings is 1. The van der Waals surface area contributed by atoms with Crippen LogP contribution in [0.25, 0.3) is 0 Å². The molecule has 0 atom stereocenters. The molecule has 1 N–H and O–H groups in total. The van der Waals surface area contributed by atoms with E-state index in [2.05, 4.69) is 62.3 Å². The zero-order valence-electron chi connectivity index (χ0n) is 12.2. The Morgan fingerprint density at radius 2 is 2.00 bits per heavy atom. The van der Waals surface area contributed by atoms with Gasteiger partial charge in [0.2, 0.25) is 0 Å².